The quantitative estimate of drug-likeness (QED) is 0.765. The van der Waals surface area contributed by atoms with Crippen molar-refractivity contribution in [3.05, 3.63) is 17.0 Å². The summed E-state index contributed by atoms with van der Waals surface area (Å²) in [4.78, 5) is 10.7. The molecule has 17 heavy (non-hydrogen) atoms. The van der Waals surface area contributed by atoms with E-state index in [0.29, 0.717) is 17.6 Å². The Morgan fingerprint density at radius 1 is 1.47 bits per heavy atom. The van der Waals surface area contributed by atoms with Crippen molar-refractivity contribution < 1.29 is 9.47 Å². The van der Waals surface area contributed by atoms with Crippen molar-refractivity contribution in [3.63, 3.8) is 0 Å². The van der Waals surface area contributed by atoms with Crippen LogP contribution >= 0.6 is 11.6 Å². The fourth-order valence-electron chi connectivity index (χ4n) is 1.94. The van der Waals surface area contributed by atoms with E-state index in [1.165, 1.54) is 0 Å². The summed E-state index contributed by atoms with van der Waals surface area (Å²) in [6.45, 7) is 2.14. The fourth-order valence-corrected chi connectivity index (χ4v) is 2.13. The minimum absolute atomic E-state index is 0.273. The summed E-state index contributed by atoms with van der Waals surface area (Å²) in [7, 11) is 3.35. The fraction of sp³-hybridized carbons (Fsp3) is 0.636. The van der Waals surface area contributed by atoms with E-state index in [2.05, 4.69) is 14.9 Å². The lowest BCUT2D eigenvalue weighted by Crippen LogP contribution is -2.23. The van der Waals surface area contributed by atoms with Gasteiger partial charge in [-0.15, -0.1) is 0 Å². The van der Waals surface area contributed by atoms with Crippen molar-refractivity contribution >= 4 is 17.4 Å². The summed E-state index contributed by atoms with van der Waals surface area (Å²) in [5, 5.41) is 0.447. The van der Waals surface area contributed by atoms with E-state index < -0.39 is 0 Å². The lowest BCUT2D eigenvalue weighted by molar-refractivity contribution is 0.121. The number of hydrogen-bond acceptors (Lipinski definition) is 5. The minimum Gasteiger partial charge on any atom is -0.380 e. The van der Waals surface area contributed by atoms with Crippen LogP contribution in [0, 0.1) is 0 Å². The average molecular weight is 258 g/mol. The van der Waals surface area contributed by atoms with Crippen LogP contribution in [0.4, 0.5) is 5.82 Å². The van der Waals surface area contributed by atoms with Gasteiger partial charge >= 0.3 is 0 Å². The summed E-state index contributed by atoms with van der Waals surface area (Å²) in [5.41, 5.74) is 0. The number of hydrogen-bond donors (Lipinski definition) is 0. The van der Waals surface area contributed by atoms with E-state index in [1.54, 1.807) is 20.3 Å². The molecule has 0 radical (unpaired) electrons. The molecule has 0 aliphatic carbocycles. The first kappa shape index (κ1) is 12.5. The van der Waals surface area contributed by atoms with Crippen LogP contribution in [0.3, 0.4) is 0 Å². The molecule has 1 aliphatic rings. The highest BCUT2D eigenvalue weighted by atomic mass is 35.5. The topological polar surface area (TPSA) is 47.5 Å². The summed E-state index contributed by atoms with van der Waals surface area (Å²) >= 11 is 5.97. The number of methoxy groups -OCH3 is 2. The highest BCUT2D eigenvalue weighted by Gasteiger charge is 2.23. The number of rotatable bonds is 4. The highest BCUT2D eigenvalue weighted by molar-refractivity contribution is 6.29. The van der Waals surface area contributed by atoms with Gasteiger partial charge in [-0.3, -0.25) is 0 Å². The zero-order valence-corrected chi connectivity index (χ0v) is 10.8. The van der Waals surface area contributed by atoms with Gasteiger partial charge in [0.25, 0.3) is 0 Å². The second kappa shape index (κ2) is 5.62. The molecule has 5 nitrogen and oxygen atoms in total. The molecule has 1 fully saturated rings. The maximum atomic E-state index is 5.97. The van der Waals surface area contributed by atoms with Crippen molar-refractivity contribution in [2.24, 2.45) is 0 Å². The van der Waals surface area contributed by atoms with Crippen LogP contribution in [0.25, 0.3) is 0 Å². The van der Waals surface area contributed by atoms with E-state index >= 15 is 0 Å². The predicted octanol–water partition coefficient (Wildman–Crippen LogP) is 1.50. The number of anilines is 1. The first-order chi connectivity index (χ1) is 8.22. The van der Waals surface area contributed by atoms with Gasteiger partial charge in [0.15, 0.2) is 5.82 Å². The Kier molecular flexibility index (Phi) is 4.15. The van der Waals surface area contributed by atoms with Crippen molar-refractivity contribution in [1.82, 2.24) is 9.97 Å². The molecule has 0 amide bonds. The maximum absolute atomic E-state index is 5.97. The predicted molar refractivity (Wildman–Crippen MR) is 65.4 cm³/mol. The van der Waals surface area contributed by atoms with Crippen LogP contribution < -0.4 is 4.90 Å². The Morgan fingerprint density at radius 2 is 2.29 bits per heavy atom. The molecule has 1 atom stereocenters. The molecule has 0 saturated carbocycles. The molecule has 1 unspecified atom stereocenters. The van der Waals surface area contributed by atoms with E-state index in [1.807, 2.05) is 0 Å². The second-order valence-corrected chi connectivity index (χ2v) is 4.38. The van der Waals surface area contributed by atoms with Gasteiger partial charge in [0.2, 0.25) is 0 Å². The van der Waals surface area contributed by atoms with Gasteiger partial charge in [0.1, 0.15) is 17.6 Å². The normalized spacial score (nSPS) is 19.9. The molecule has 0 bridgehead atoms. The first-order valence-corrected chi connectivity index (χ1v) is 5.91. The molecule has 0 spiro atoms. The van der Waals surface area contributed by atoms with Crippen molar-refractivity contribution in [2.75, 3.05) is 32.2 Å². The van der Waals surface area contributed by atoms with Crippen LogP contribution in [0.2, 0.25) is 5.15 Å². The SMILES string of the molecule is COCc1nc(Cl)cc(N2CCC(OC)C2)n1. The molecule has 94 valence electrons. The van der Waals surface area contributed by atoms with Crippen molar-refractivity contribution in [2.45, 2.75) is 19.1 Å². The van der Waals surface area contributed by atoms with Crippen LogP contribution in [0.1, 0.15) is 12.2 Å². The summed E-state index contributed by atoms with van der Waals surface area (Å²) < 4.78 is 10.3. The van der Waals surface area contributed by atoms with Gasteiger partial charge in [-0.1, -0.05) is 11.6 Å². The van der Waals surface area contributed by atoms with Crippen LogP contribution in [-0.2, 0) is 16.1 Å². The van der Waals surface area contributed by atoms with Crippen LogP contribution in [-0.4, -0.2) is 43.4 Å². The largest absolute Gasteiger partial charge is 0.380 e. The Hall–Kier alpha value is -0.910. The number of aromatic nitrogens is 2. The molecular formula is C11H16ClN3O2. The number of ether oxygens (including phenoxy) is 2. The maximum Gasteiger partial charge on any atom is 0.158 e. The standard InChI is InChI=1S/C11H16ClN3O2/c1-16-7-10-13-9(12)5-11(14-10)15-4-3-8(6-15)17-2/h5,8H,3-4,6-7H2,1-2H3. The number of nitrogens with zero attached hydrogens (tertiary/aromatic N) is 3. The molecule has 1 aromatic heterocycles. The van der Waals surface area contributed by atoms with E-state index in [4.69, 9.17) is 21.1 Å². The second-order valence-electron chi connectivity index (χ2n) is 3.99. The zero-order chi connectivity index (χ0) is 12.3. The smallest absolute Gasteiger partial charge is 0.158 e. The summed E-state index contributed by atoms with van der Waals surface area (Å²) in [5.74, 6) is 1.45. The molecule has 1 saturated heterocycles. The molecule has 2 rings (SSSR count). The van der Waals surface area contributed by atoms with Crippen molar-refractivity contribution in [3.8, 4) is 0 Å². The molecule has 1 aromatic rings. The molecule has 0 N–H and O–H groups in total. The average Bonchev–Trinajstić information content (AvgIpc) is 2.77. The third kappa shape index (κ3) is 3.06. The van der Waals surface area contributed by atoms with Gasteiger partial charge in [0, 0.05) is 33.4 Å². The van der Waals surface area contributed by atoms with Gasteiger partial charge in [-0.25, -0.2) is 9.97 Å². The van der Waals surface area contributed by atoms with E-state index in [9.17, 15) is 0 Å². The Balaban J connectivity index is 2.15. The lowest BCUT2D eigenvalue weighted by atomic mass is 10.3. The Morgan fingerprint density at radius 3 is 2.94 bits per heavy atom. The summed E-state index contributed by atoms with van der Waals surface area (Å²) in [6.07, 6.45) is 1.28. The third-order valence-electron chi connectivity index (χ3n) is 2.80. The van der Waals surface area contributed by atoms with Crippen molar-refractivity contribution in [1.29, 1.82) is 0 Å². The molecule has 6 heteroatoms. The molecule has 0 aromatic carbocycles. The molecule has 1 aliphatic heterocycles. The molecule has 2 heterocycles. The number of halogens is 1. The van der Waals surface area contributed by atoms with E-state index in [-0.39, 0.29) is 6.10 Å². The minimum atomic E-state index is 0.273. The van der Waals surface area contributed by atoms with Gasteiger partial charge < -0.3 is 14.4 Å². The lowest BCUT2D eigenvalue weighted by Gasteiger charge is -2.17. The van der Waals surface area contributed by atoms with Gasteiger partial charge in [-0.05, 0) is 6.42 Å². The van der Waals surface area contributed by atoms with Gasteiger partial charge in [-0.2, -0.15) is 0 Å². The third-order valence-corrected chi connectivity index (χ3v) is 3.00. The highest BCUT2D eigenvalue weighted by Crippen LogP contribution is 2.22. The Bertz CT molecular complexity index is 389. The van der Waals surface area contributed by atoms with Gasteiger partial charge in [0.05, 0.1) is 6.10 Å². The Labute approximate surface area is 106 Å². The first-order valence-electron chi connectivity index (χ1n) is 5.53. The van der Waals surface area contributed by atoms with E-state index in [0.717, 1.165) is 25.3 Å². The summed E-state index contributed by atoms with van der Waals surface area (Å²) in [6, 6.07) is 1.78. The van der Waals surface area contributed by atoms with Crippen LogP contribution in [0.5, 0.6) is 0 Å². The monoisotopic (exact) mass is 257 g/mol. The van der Waals surface area contributed by atoms with Crippen LogP contribution in [0.15, 0.2) is 6.07 Å². The molecular weight excluding hydrogens is 242 g/mol. The zero-order valence-electron chi connectivity index (χ0n) is 10.0.